The number of rotatable bonds is 3. The van der Waals surface area contributed by atoms with Crippen LogP contribution in [0.5, 0.6) is 11.5 Å². The second-order valence-electron chi connectivity index (χ2n) is 4.32. The van der Waals surface area contributed by atoms with Crippen molar-refractivity contribution in [3.63, 3.8) is 0 Å². The molecule has 0 radical (unpaired) electrons. The van der Waals surface area contributed by atoms with Crippen molar-refractivity contribution in [3.05, 3.63) is 24.3 Å². The molecule has 0 aliphatic carbocycles. The minimum atomic E-state index is -1.79. The maximum Gasteiger partial charge on any atom is 0.335 e. The maximum absolute atomic E-state index is 10.9. The molecule has 1 aromatic rings. The molecule has 1 saturated heterocycles. The Labute approximate surface area is 113 Å². The van der Waals surface area contributed by atoms with Gasteiger partial charge < -0.3 is 35.0 Å². The fraction of sp³-hybridized carbons (Fsp3) is 0.417. The quantitative estimate of drug-likeness (QED) is 0.460. The molecule has 0 saturated carbocycles. The molecule has 0 spiro atoms. The summed E-state index contributed by atoms with van der Waals surface area (Å²) in [6.07, 6.45) is -8.49. The number of hydrogen-bond donors (Lipinski definition) is 5. The number of phenols is 1. The first-order valence-electron chi connectivity index (χ1n) is 5.79. The summed E-state index contributed by atoms with van der Waals surface area (Å²) >= 11 is 0. The zero-order valence-corrected chi connectivity index (χ0v) is 10.2. The molecular formula is C12H14O8. The Kier molecular flexibility index (Phi) is 4.09. The van der Waals surface area contributed by atoms with Crippen molar-refractivity contribution >= 4 is 5.97 Å². The van der Waals surface area contributed by atoms with Gasteiger partial charge in [0.2, 0.25) is 6.29 Å². The fourth-order valence-corrected chi connectivity index (χ4v) is 1.83. The summed E-state index contributed by atoms with van der Waals surface area (Å²) in [5.74, 6) is -1.80. The number of hydrogen-bond acceptors (Lipinski definition) is 7. The van der Waals surface area contributed by atoms with E-state index in [1.165, 1.54) is 12.1 Å². The van der Waals surface area contributed by atoms with Crippen molar-refractivity contribution in [3.8, 4) is 11.5 Å². The smallest absolute Gasteiger partial charge is 0.335 e. The Morgan fingerprint density at radius 1 is 1.10 bits per heavy atom. The highest BCUT2D eigenvalue weighted by Crippen LogP contribution is 2.29. The molecule has 110 valence electrons. The van der Waals surface area contributed by atoms with E-state index in [9.17, 15) is 25.2 Å². The third-order valence-electron chi connectivity index (χ3n) is 2.92. The van der Waals surface area contributed by atoms with Crippen molar-refractivity contribution in [1.29, 1.82) is 0 Å². The van der Waals surface area contributed by atoms with Crippen LogP contribution in [0.2, 0.25) is 0 Å². The number of carboxylic acids is 1. The minimum Gasteiger partial charge on any atom is -0.504 e. The van der Waals surface area contributed by atoms with E-state index in [-0.39, 0.29) is 11.5 Å². The van der Waals surface area contributed by atoms with Gasteiger partial charge in [-0.3, -0.25) is 0 Å². The van der Waals surface area contributed by atoms with Gasteiger partial charge in [-0.25, -0.2) is 4.79 Å². The Morgan fingerprint density at radius 3 is 2.35 bits per heavy atom. The van der Waals surface area contributed by atoms with Gasteiger partial charge in [0.25, 0.3) is 0 Å². The van der Waals surface area contributed by atoms with E-state index in [0.29, 0.717) is 0 Å². The third-order valence-corrected chi connectivity index (χ3v) is 2.92. The van der Waals surface area contributed by atoms with Gasteiger partial charge in [-0.2, -0.15) is 0 Å². The van der Waals surface area contributed by atoms with Gasteiger partial charge in [-0.15, -0.1) is 0 Å². The second-order valence-corrected chi connectivity index (χ2v) is 4.32. The number of aromatic hydroxyl groups is 1. The molecule has 8 nitrogen and oxygen atoms in total. The summed E-state index contributed by atoms with van der Waals surface area (Å²) in [4.78, 5) is 10.9. The second kappa shape index (κ2) is 5.63. The molecule has 1 unspecified atom stereocenters. The van der Waals surface area contributed by atoms with Crippen LogP contribution in [-0.4, -0.2) is 62.2 Å². The lowest BCUT2D eigenvalue weighted by Gasteiger charge is -2.38. The van der Waals surface area contributed by atoms with E-state index in [0.717, 1.165) is 0 Å². The van der Waals surface area contributed by atoms with Crippen LogP contribution in [-0.2, 0) is 9.53 Å². The van der Waals surface area contributed by atoms with E-state index in [1.54, 1.807) is 12.1 Å². The van der Waals surface area contributed by atoms with Crippen molar-refractivity contribution in [2.75, 3.05) is 0 Å². The van der Waals surface area contributed by atoms with E-state index in [1.807, 2.05) is 0 Å². The molecule has 5 atom stereocenters. The van der Waals surface area contributed by atoms with Crippen LogP contribution in [0.4, 0.5) is 0 Å². The van der Waals surface area contributed by atoms with Crippen LogP contribution >= 0.6 is 0 Å². The van der Waals surface area contributed by atoms with E-state index < -0.39 is 36.7 Å². The van der Waals surface area contributed by atoms with Gasteiger partial charge in [-0.1, -0.05) is 12.1 Å². The zero-order chi connectivity index (χ0) is 14.9. The topological polar surface area (TPSA) is 137 Å². The van der Waals surface area contributed by atoms with Crippen molar-refractivity contribution in [2.45, 2.75) is 30.7 Å². The number of aliphatic hydroxyl groups is 3. The molecule has 1 heterocycles. The van der Waals surface area contributed by atoms with Gasteiger partial charge in [-0.05, 0) is 12.1 Å². The van der Waals surface area contributed by atoms with Gasteiger partial charge >= 0.3 is 5.97 Å². The molecule has 2 rings (SSSR count). The average Bonchev–Trinajstić information content (AvgIpc) is 2.41. The number of aliphatic hydroxyl groups excluding tert-OH is 3. The van der Waals surface area contributed by atoms with Crippen LogP contribution in [0, 0.1) is 0 Å². The lowest BCUT2D eigenvalue weighted by molar-refractivity contribution is -0.271. The fourth-order valence-electron chi connectivity index (χ4n) is 1.83. The molecule has 1 aliphatic rings. The van der Waals surface area contributed by atoms with Gasteiger partial charge in [0.05, 0.1) is 0 Å². The largest absolute Gasteiger partial charge is 0.504 e. The van der Waals surface area contributed by atoms with Crippen LogP contribution in [0.1, 0.15) is 0 Å². The first-order valence-corrected chi connectivity index (χ1v) is 5.79. The van der Waals surface area contributed by atoms with Crippen LogP contribution < -0.4 is 4.74 Å². The molecule has 8 heteroatoms. The number of ether oxygens (including phenoxy) is 2. The molecule has 20 heavy (non-hydrogen) atoms. The number of benzene rings is 1. The highest BCUT2D eigenvalue weighted by atomic mass is 16.7. The predicted octanol–water partition coefficient (Wildman–Crippen LogP) is -1.34. The zero-order valence-electron chi connectivity index (χ0n) is 10.2. The number of carboxylic acid groups (broad SMARTS) is 1. The van der Waals surface area contributed by atoms with E-state index in [4.69, 9.17) is 14.6 Å². The number of para-hydroxylation sites is 2. The first kappa shape index (κ1) is 14.5. The van der Waals surface area contributed by atoms with Crippen LogP contribution in [0.15, 0.2) is 24.3 Å². The molecule has 0 aromatic heterocycles. The number of phenolic OH excluding ortho intramolecular Hbond substituents is 1. The average molecular weight is 286 g/mol. The molecule has 0 amide bonds. The molecule has 1 fully saturated rings. The van der Waals surface area contributed by atoms with Crippen molar-refractivity contribution in [1.82, 2.24) is 0 Å². The predicted molar refractivity (Wildman–Crippen MR) is 63.1 cm³/mol. The Hall–Kier alpha value is -1.87. The maximum atomic E-state index is 10.9. The summed E-state index contributed by atoms with van der Waals surface area (Å²) in [6, 6.07) is 5.78. The number of carbonyl (C=O) groups is 1. The lowest BCUT2D eigenvalue weighted by atomic mass is 9.99. The summed E-state index contributed by atoms with van der Waals surface area (Å²) in [5.41, 5.74) is 0. The van der Waals surface area contributed by atoms with Gasteiger partial charge in [0.15, 0.2) is 17.6 Å². The Bertz CT molecular complexity index is 490. The van der Waals surface area contributed by atoms with Crippen molar-refractivity contribution < 1.29 is 39.8 Å². The molecular weight excluding hydrogens is 272 g/mol. The lowest BCUT2D eigenvalue weighted by Crippen LogP contribution is -2.61. The normalized spacial score (nSPS) is 33.6. The SMILES string of the molecule is O=C(O)[C@H]1OC(Oc2ccccc2O)[C@H](O)[C@@H](O)[C@@H]1O. The van der Waals surface area contributed by atoms with E-state index in [2.05, 4.69) is 0 Å². The van der Waals surface area contributed by atoms with Crippen LogP contribution in [0.3, 0.4) is 0 Å². The van der Waals surface area contributed by atoms with Crippen molar-refractivity contribution in [2.24, 2.45) is 0 Å². The number of aliphatic carboxylic acids is 1. The molecule has 0 bridgehead atoms. The monoisotopic (exact) mass is 286 g/mol. The summed E-state index contributed by atoms with van der Waals surface area (Å²) in [6.45, 7) is 0. The third kappa shape index (κ3) is 2.68. The standard InChI is InChI=1S/C12H14O8/c13-5-3-1-2-4-6(5)19-12-9(16)7(14)8(15)10(20-12)11(17)18/h1-4,7-10,12-16H,(H,17,18)/t7-,8-,9+,10-,12?/m0/s1. The van der Waals surface area contributed by atoms with Crippen LogP contribution in [0.25, 0.3) is 0 Å². The minimum absolute atomic E-state index is 0.0516. The van der Waals surface area contributed by atoms with E-state index >= 15 is 0 Å². The van der Waals surface area contributed by atoms with Gasteiger partial charge in [0, 0.05) is 0 Å². The highest BCUT2D eigenvalue weighted by Gasteiger charge is 2.48. The summed E-state index contributed by atoms with van der Waals surface area (Å²) in [7, 11) is 0. The summed E-state index contributed by atoms with van der Waals surface area (Å²) < 4.78 is 10.0. The Balaban J connectivity index is 2.18. The molecule has 1 aliphatic heterocycles. The highest BCUT2D eigenvalue weighted by molar-refractivity contribution is 5.73. The first-order chi connectivity index (χ1) is 9.41. The summed E-state index contributed by atoms with van der Waals surface area (Å²) in [5, 5.41) is 47.2. The molecule has 1 aromatic carbocycles. The van der Waals surface area contributed by atoms with Gasteiger partial charge in [0.1, 0.15) is 18.3 Å². The molecule has 5 N–H and O–H groups in total. The Morgan fingerprint density at radius 2 is 1.75 bits per heavy atom.